The van der Waals surface area contributed by atoms with Crippen LogP contribution in [-0.2, 0) is 6.42 Å². The molecule has 2 unspecified atom stereocenters. The number of fused-ring (bicyclic) bond motifs is 1. The van der Waals surface area contributed by atoms with Crippen molar-refractivity contribution in [2.45, 2.75) is 39.0 Å². The molecule has 18 heavy (non-hydrogen) atoms. The number of halogens is 1. The van der Waals surface area contributed by atoms with Crippen LogP contribution in [0, 0.1) is 17.3 Å². The monoisotopic (exact) mass is 327 g/mol. The minimum Gasteiger partial charge on any atom is -0.316 e. The highest BCUT2D eigenvalue weighted by Gasteiger charge is 2.53. The van der Waals surface area contributed by atoms with Gasteiger partial charge in [-0.2, -0.15) is 0 Å². The van der Waals surface area contributed by atoms with Crippen molar-refractivity contribution in [2.75, 3.05) is 13.1 Å². The van der Waals surface area contributed by atoms with Crippen LogP contribution in [0.2, 0.25) is 0 Å². The molecule has 0 aromatic carbocycles. The van der Waals surface area contributed by atoms with Crippen LogP contribution in [0.25, 0.3) is 0 Å². The number of hydrogen-bond acceptors (Lipinski definition) is 2. The highest BCUT2D eigenvalue weighted by molar-refractivity contribution is 9.10. The van der Waals surface area contributed by atoms with E-state index in [4.69, 9.17) is 0 Å². The first-order chi connectivity index (χ1) is 8.71. The zero-order valence-corrected chi connectivity index (χ0v) is 13.4. The van der Waals surface area contributed by atoms with Crippen LogP contribution in [0.5, 0.6) is 0 Å². The van der Waals surface area contributed by atoms with Crippen molar-refractivity contribution in [3.05, 3.63) is 20.8 Å². The van der Waals surface area contributed by atoms with Gasteiger partial charge in [-0.15, -0.1) is 11.3 Å². The Kier molecular flexibility index (Phi) is 3.84. The Morgan fingerprint density at radius 2 is 2.22 bits per heavy atom. The molecule has 3 rings (SSSR count). The van der Waals surface area contributed by atoms with Crippen LogP contribution in [0.3, 0.4) is 0 Å². The smallest absolute Gasteiger partial charge is 0.0285 e. The molecule has 100 valence electrons. The van der Waals surface area contributed by atoms with E-state index in [0.717, 1.165) is 11.8 Å². The Morgan fingerprint density at radius 3 is 2.83 bits per heavy atom. The largest absolute Gasteiger partial charge is 0.316 e. The van der Waals surface area contributed by atoms with E-state index in [1.165, 1.54) is 49.7 Å². The summed E-state index contributed by atoms with van der Waals surface area (Å²) >= 11 is 5.49. The van der Waals surface area contributed by atoms with Crippen LogP contribution < -0.4 is 5.32 Å². The molecule has 0 saturated heterocycles. The Bertz CT molecular complexity index is 404. The van der Waals surface area contributed by atoms with Crippen LogP contribution in [0.4, 0.5) is 0 Å². The second kappa shape index (κ2) is 5.26. The molecular weight excluding hydrogens is 306 g/mol. The van der Waals surface area contributed by atoms with Crippen molar-refractivity contribution < 1.29 is 0 Å². The van der Waals surface area contributed by atoms with E-state index in [1.807, 2.05) is 11.3 Å². The molecule has 1 N–H and O–H groups in total. The lowest BCUT2D eigenvalue weighted by molar-refractivity contribution is 0.250. The van der Waals surface area contributed by atoms with Crippen molar-refractivity contribution in [1.29, 1.82) is 0 Å². The molecule has 0 radical (unpaired) electrons. The van der Waals surface area contributed by atoms with Gasteiger partial charge in [0.05, 0.1) is 0 Å². The van der Waals surface area contributed by atoms with Gasteiger partial charge in [-0.1, -0.05) is 6.92 Å². The van der Waals surface area contributed by atoms with Crippen LogP contribution in [0.15, 0.2) is 15.9 Å². The molecule has 1 heterocycles. The minimum atomic E-state index is 0.563. The molecule has 2 saturated carbocycles. The summed E-state index contributed by atoms with van der Waals surface area (Å²) in [5, 5.41) is 5.90. The van der Waals surface area contributed by atoms with E-state index >= 15 is 0 Å². The van der Waals surface area contributed by atoms with Crippen molar-refractivity contribution in [3.63, 3.8) is 0 Å². The van der Waals surface area contributed by atoms with E-state index in [2.05, 4.69) is 39.6 Å². The van der Waals surface area contributed by atoms with Crippen LogP contribution in [0.1, 0.15) is 37.5 Å². The Hall–Kier alpha value is 0.140. The first kappa shape index (κ1) is 13.1. The standard InChI is InChI=1S/C15H22BrNS/c1-2-3-17-10-15(6-11-4-12(11)7-15)8-14-5-13(16)9-18-14/h5,9,11-12,17H,2-4,6-8,10H2,1H3. The van der Waals surface area contributed by atoms with E-state index in [1.54, 1.807) is 4.88 Å². The Balaban J connectivity index is 1.65. The van der Waals surface area contributed by atoms with Gasteiger partial charge in [0.1, 0.15) is 0 Å². The lowest BCUT2D eigenvalue weighted by Gasteiger charge is -2.31. The van der Waals surface area contributed by atoms with Crippen molar-refractivity contribution in [1.82, 2.24) is 5.32 Å². The van der Waals surface area contributed by atoms with Crippen molar-refractivity contribution >= 4 is 27.3 Å². The molecule has 1 aromatic rings. The number of rotatable bonds is 6. The second-order valence-corrected chi connectivity index (χ2v) is 8.16. The minimum absolute atomic E-state index is 0.563. The van der Waals surface area contributed by atoms with Gasteiger partial charge in [0.15, 0.2) is 0 Å². The highest BCUT2D eigenvalue weighted by Crippen LogP contribution is 2.60. The summed E-state index contributed by atoms with van der Waals surface area (Å²) in [7, 11) is 0. The predicted octanol–water partition coefficient (Wildman–Crippen LogP) is 4.47. The van der Waals surface area contributed by atoms with E-state index in [9.17, 15) is 0 Å². The summed E-state index contributed by atoms with van der Waals surface area (Å²) < 4.78 is 1.25. The zero-order valence-electron chi connectivity index (χ0n) is 11.0. The summed E-state index contributed by atoms with van der Waals surface area (Å²) in [5.74, 6) is 2.13. The zero-order chi connectivity index (χ0) is 12.6. The molecule has 1 nitrogen and oxygen atoms in total. The quantitative estimate of drug-likeness (QED) is 0.760. The van der Waals surface area contributed by atoms with E-state index in [-0.39, 0.29) is 0 Å². The van der Waals surface area contributed by atoms with Gasteiger partial charge in [-0.25, -0.2) is 0 Å². The summed E-state index contributed by atoms with van der Waals surface area (Å²) in [5.41, 5.74) is 0.563. The van der Waals surface area contributed by atoms with E-state index < -0.39 is 0 Å². The average molecular weight is 328 g/mol. The first-order valence-electron chi connectivity index (χ1n) is 7.14. The highest BCUT2D eigenvalue weighted by atomic mass is 79.9. The van der Waals surface area contributed by atoms with Gasteiger partial charge in [0.25, 0.3) is 0 Å². The van der Waals surface area contributed by atoms with Gasteiger partial charge in [-0.05, 0) is 77.9 Å². The summed E-state index contributed by atoms with van der Waals surface area (Å²) in [6.45, 7) is 4.65. The summed E-state index contributed by atoms with van der Waals surface area (Å²) in [6, 6.07) is 2.32. The van der Waals surface area contributed by atoms with Gasteiger partial charge in [-0.3, -0.25) is 0 Å². The van der Waals surface area contributed by atoms with E-state index in [0.29, 0.717) is 5.41 Å². The van der Waals surface area contributed by atoms with Crippen LogP contribution in [-0.4, -0.2) is 13.1 Å². The fourth-order valence-corrected chi connectivity index (χ4v) is 5.33. The second-order valence-electron chi connectivity index (χ2n) is 6.25. The molecule has 2 aliphatic carbocycles. The first-order valence-corrected chi connectivity index (χ1v) is 8.82. The third-order valence-electron chi connectivity index (χ3n) is 4.56. The van der Waals surface area contributed by atoms with Gasteiger partial charge in [0.2, 0.25) is 0 Å². The maximum Gasteiger partial charge on any atom is 0.0285 e. The third-order valence-corrected chi connectivity index (χ3v) is 6.25. The molecule has 2 aliphatic rings. The molecule has 2 atom stereocenters. The topological polar surface area (TPSA) is 12.0 Å². The summed E-state index contributed by atoms with van der Waals surface area (Å²) in [4.78, 5) is 1.56. The molecule has 1 aromatic heterocycles. The molecule has 0 amide bonds. The van der Waals surface area contributed by atoms with Crippen LogP contribution >= 0.6 is 27.3 Å². The summed E-state index contributed by atoms with van der Waals surface area (Å²) in [6.07, 6.45) is 6.97. The maximum absolute atomic E-state index is 3.68. The van der Waals surface area contributed by atoms with Gasteiger partial charge < -0.3 is 5.32 Å². The normalized spacial score (nSPS) is 33.7. The Labute approximate surface area is 122 Å². The lowest BCUT2D eigenvalue weighted by atomic mass is 9.79. The molecular formula is C15H22BrNS. The fourth-order valence-electron chi connectivity index (χ4n) is 3.70. The molecule has 3 heteroatoms. The molecule has 0 bridgehead atoms. The maximum atomic E-state index is 3.68. The van der Waals surface area contributed by atoms with Crippen molar-refractivity contribution in [2.24, 2.45) is 17.3 Å². The molecule has 0 spiro atoms. The average Bonchev–Trinajstić information content (AvgIpc) is 2.76. The van der Waals surface area contributed by atoms with Gasteiger partial charge in [0, 0.05) is 21.3 Å². The Morgan fingerprint density at radius 1 is 1.44 bits per heavy atom. The number of nitrogens with one attached hydrogen (secondary N) is 1. The fraction of sp³-hybridized carbons (Fsp3) is 0.733. The number of thiophene rings is 1. The van der Waals surface area contributed by atoms with Gasteiger partial charge >= 0.3 is 0 Å². The lowest BCUT2D eigenvalue weighted by Crippen LogP contribution is -2.35. The SMILES string of the molecule is CCCNCC1(Cc2cc(Br)cs2)CC2CC2C1. The third kappa shape index (κ3) is 2.83. The molecule has 2 fully saturated rings. The molecule has 0 aliphatic heterocycles. The number of hydrogen-bond donors (Lipinski definition) is 1. The van der Waals surface area contributed by atoms with Crippen molar-refractivity contribution in [3.8, 4) is 0 Å². The predicted molar refractivity (Wildman–Crippen MR) is 82.1 cm³/mol.